The van der Waals surface area contributed by atoms with Gasteiger partial charge in [0.15, 0.2) is 0 Å². The molecular weight excluding hydrogens is 224 g/mol. The minimum absolute atomic E-state index is 0.0723. The zero-order chi connectivity index (χ0) is 12.8. The molecule has 0 aromatic heterocycles. The van der Waals surface area contributed by atoms with Crippen LogP contribution in [0.25, 0.3) is 0 Å². The zero-order valence-corrected chi connectivity index (χ0v) is 10.8. The van der Waals surface area contributed by atoms with E-state index >= 15 is 0 Å². The minimum atomic E-state index is -0.509. The number of nitrogens with zero attached hydrogens (tertiary/aromatic N) is 1. The molecule has 1 aromatic rings. The second-order valence-corrected chi connectivity index (χ2v) is 4.98. The van der Waals surface area contributed by atoms with Crippen LogP contribution in [0.4, 0.5) is 0 Å². The highest BCUT2D eigenvalue weighted by molar-refractivity contribution is 5.83. The first-order chi connectivity index (χ1) is 8.79. The van der Waals surface area contributed by atoms with E-state index in [0.717, 1.165) is 31.5 Å². The van der Waals surface area contributed by atoms with Crippen molar-refractivity contribution in [1.29, 1.82) is 0 Å². The van der Waals surface area contributed by atoms with Crippen molar-refractivity contribution in [2.24, 2.45) is 5.73 Å². The number of likely N-dealkylation sites (tertiary alicyclic amines) is 1. The molecule has 1 amide bonds. The van der Waals surface area contributed by atoms with Gasteiger partial charge >= 0.3 is 0 Å². The summed E-state index contributed by atoms with van der Waals surface area (Å²) >= 11 is 0. The van der Waals surface area contributed by atoms with E-state index in [1.165, 1.54) is 19.3 Å². The van der Waals surface area contributed by atoms with Gasteiger partial charge in [0.05, 0.1) is 0 Å². The molecule has 0 aliphatic carbocycles. The van der Waals surface area contributed by atoms with Crippen molar-refractivity contribution < 1.29 is 4.79 Å². The van der Waals surface area contributed by atoms with Crippen LogP contribution in [0.2, 0.25) is 0 Å². The molecule has 98 valence electrons. The Morgan fingerprint density at radius 1 is 1.00 bits per heavy atom. The van der Waals surface area contributed by atoms with Crippen LogP contribution in [-0.4, -0.2) is 23.9 Å². The maximum absolute atomic E-state index is 12.4. The van der Waals surface area contributed by atoms with Crippen LogP contribution < -0.4 is 5.73 Å². The first-order valence-corrected chi connectivity index (χ1v) is 6.88. The van der Waals surface area contributed by atoms with E-state index in [1.807, 2.05) is 35.2 Å². The van der Waals surface area contributed by atoms with Crippen LogP contribution in [0.3, 0.4) is 0 Å². The first kappa shape index (κ1) is 13.1. The molecule has 1 fully saturated rings. The van der Waals surface area contributed by atoms with Crippen molar-refractivity contribution in [3.63, 3.8) is 0 Å². The molecule has 2 rings (SSSR count). The molecule has 1 saturated heterocycles. The van der Waals surface area contributed by atoms with E-state index in [4.69, 9.17) is 5.73 Å². The Balaban J connectivity index is 2.00. The fourth-order valence-electron chi connectivity index (χ4n) is 2.47. The molecule has 0 unspecified atom stereocenters. The lowest BCUT2D eigenvalue weighted by Gasteiger charge is -2.27. The van der Waals surface area contributed by atoms with Gasteiger partial charge in [-0.1, -0.05) is 49.6 Å². The highest BCUT2D eigenvalue weighted by atomic mass is 16.2. The molecule has 1 aliphatic heterocycles. The molecule has 3 heteroatoms. The lowest BCUT2D eigenvalue weighted by molar-refractivity contribution is -0.133. The monoisotopic (exact) mass is 246 g/mol. The molecule has 1 aromatic carbocycles. The number of nitrogens with two attached hydrogens (primary N) is 1. The Labute approximate surface area is 109 Å². The Bertz CT molecular complexity index is 369. The first-order valence-electron chi connectivity index (χ1n) is 6.88. The Hall–Kier alpha value is -1.35. The smallest absolute Gasteiger partial charge is 0.244 e. The standard InChI is InChI=1S/C15H22N2O/c16-14(13-9-5-4-6-10-13)15(18)17-11-7-2-1-3-8-12-17/h4-6,9-10,14H,1-3,7-8,11-12,16H2/t14-/m1/s1. The summed E-state index contributed by atoms with van der Waals surface area (Å²) in [5.74, 6) is 0.0723. The van der Waals surface area contributed by atoms with Gasteiger partial charge in [-0.2, -0.15) is 0 Å². The quantitative estimate of drug-likeness (QED) is 0.871. The summed E-state index contributed by atoms with van der Waals surface area (Å²) in [4.78, 5) is 14.3. The van der Waals surface area contributed by atoms with Gasteiger partial charge in [-0.25, -0.2) is 0 Å². The van der Waals surface area contributed by atoms with Gasteiger partial charge < -0.3 is 10.6 Å². The van der Waals surface area contributed by atoms with E-state index in [1.54, 1.807) is 0 Å². The molecule has 0 bridgehead atoms. The minimum Gasteiger partial charge on any atom is -0.341 e. The van der Waals surface area contributed by atoms with Crippen LogP contribution >= 0.6 is 0 Å². The maximum Gasteiger partial charge on any atom is 0.244 e. The van der Waals surface area contributed by atoms with Crippen LogP contribution in [0.1, 0.15) is 43.7 Å². The third kappa shape index (κ3) is 3.33. The number of carbonyl (C=O) groups is 1. The van der Waals surface area contributed by atoms with Crippen LogP contribution in [0, 0.1) is 0 Å². The molecule has 3 nitrogen and oxygen atoms in total. The molecule has 0 radical (unpaired) electrons. The average molecular weight is 246 g/mol. The fourth-order valence-corrected chi connectivity index (χ4v) is 2.47. The normalized spacial score (nSPS) is 18.8. The van der Waals surface area contributed by atoms with E-state index in [9.17, 15) is 4.79 Å². The van der Waals surface area contributed by atoms with Gasteiger partial charge in [-0.3, -0.25) is 4.79 Å². The molecule has 1 heterocycles. The molecule has 0 saturated carbocycles. The largest absolute Gasteiger partial charge is 0.341 e. The highest BCUT2D eigenvalue weighted by Gasteiger charge is 2.22. The van der Waals surface area contributed by atoms with Crippen molar-refractivity contribution >= 4 is 5.91 Å². The van der Waals surface area contributed by atoms with E-state index < -0.39 is 6.04 Å². The summed E-state index contributed by atoms with van der Waals surface area (Å²) in [5, 5.41) is 0. The highest BCUT2D eigenvalue weighted by Crippen LogP contribution is 2.16. The predicted molar refractivity (Wildman–Crippen MR) is 73.0 cm³/mol. The second kappa shape index (κ2) is 6.55. The summed E-state index contributed by atoms with van der Waals surface area (Å²) in [5.41, 5.74) is 6.98. The Morgan fingerprint density at radius 2 is 1.56 bits per heavy atom. The lowest BCUT2D eigenvalue weighted by atomic mass is 10.0. The van der Waals surface area contributed by atoms with Crippen molar-refractivity contribution in [1.82, 2.24) is 4.90 Å². The van der Waals surface area contributed by atoms with Gasteiger partial charge in [0.2, 0.25) is 5.91 Å². The SMILES string of the molecule is N[C@@H](C(=O)N1CCCCCCC1)c1ccccc1. The van der Waals surface area contributed by atoms with Crippen molar-refractivity contribution in [3.05, 3.63) is 35.9 Å². The molecule has 18 heavy (non-hydrogen) atoms. The molecule has 0 spiro atoms. The van der Waals surface area contributed by atoms with Gasteiger partial charge in [-0.15, -0.1) is 0 Å². The van der Waals surface area contributed by atoms with E-state index in [-0.39, 0.29) is 5.91 Å². The summed E-state index contributed by atoms with van der Waals surface area (Å²) in [6.45, 7) is 1.72. The zero-order valence-electron chi connectivity index (χ0n) is 10.8. The van der Waals surface area contributed by atoms with Crippen LogP contribution in [0.5, 0.6) is 0 Å². The van der Waals surface area contributed by atoms with Gasteiger partial charge in [0, 0.05) is 13.1 Å². The van der Waals surface area contributed by atoms with Gasteiger partial charge in [0.25, 0.3) is 0 Å². The molecular formula is C15H22N2O. The van der Waals surface area contributed by atoms with E-state index in [2.05, 4.69) is 0 Å². The van der Waals surface area contributed by atoms with Crippen molar-refractivity contribution in [2.45, 2.75) is 38.1 Å². The summed E-state index contributed by atoms with van der Waals surface area (Å²) in [6, 6.07) is 9.13. The van der Waals surface area contributed by atoms with Crippen LogP contribution in [-0.2, 0) is 4.79 Å². The van der Waals surface area contributed by atoms with Crippen molar-refractivity contribution in [2.75, 3.05) is 13.1 Å². The third-order valence-electron chi connectivity index (χ3n) is 3.59. The number of carbonyl (C=O) groups excluding carboxylic acids is 1. The second-order valence-electron chi connectivity index (χ2n) is 4.98. The number of hydrogen-bond donors (Lipinski definition) is 1. The predicted octanol–water partition coefficient (Wildman–Crippen LogP) is 2.48. The number of benzene rings is 1. The average Bonchev–Trinajstić information content (AvgIpc) is 2.38. The summed E-state index contributed by atoms with van der Waals surface area (Å²) in [7, 11) is 0. The lowest BCUT2D eigenvalue weighted by Crippen LogP contribution is -2.40. The third-order valence-corrected chi connectivity index (χ3v) is 3.59. The summed E-state index contributed by atoms with van der Waals surface area (Å²) < 4.78 is 0. The summed E-state index contributed by atoms with van der Waals surface area (Å²) in [6.07, 6.45) is 5.96. The maximum atomic E-state index is 12.4. The fraction of sp³-hybridized carbons (Fsp3) is 0.533. The van der Waals surface area contributed by atoms with Gasteiger partial charge in [0.1, 0.15) is 6.04 Å². The van der Waals surface area contributed by atoms with Gasteiger partial charge in [-0.05, 0) is 18.4 Å². The van der Waals surface area contributed by atoms with Crippen LogP contribution in [0.15, 0.2) is 30.3 Å². The Morgan fingerprint density at radius 3 is 2.17 bits per heavy atom. The molecule has 1 atom stereocenters. The van der Waals surface area contributed by atoms with E-state index in [0.29, 0.717) is 0 Å². The molecule has 1 aliphatic rings. The van der Waals surface area contributed by atoms with Crippen molar-refractivity contribution in [3.8, 4) is 0 Å². The topological polar surface area (TPSA) is 46.3 Å². The number of hydrogen-bond acceptors (Lipinski definition) is 2. The number of rotatable bonds is 2. The number of amides is 1. The Kier molecular flexibility index (Phi) is 4.76. The molecule has 2 N–H and O–H groups in total.